The van der Waals surface area contributed by atoms with Gasteiger partial charge in [-0.05, 0) is 46.0 Å². The maximum Gasteiger partial charge on any atom is 0.223 e. The molecule has 0 unspecified atom stereocenters. The number of rotatable bonds is 3. The first kappa shape index (κ1) is 13.9. The Hall–Kier alpha value is -1.10. The maximum absolute atomic E-state index is 12.2. The van der Waals surface area contributed by atoms with E-state index in [2.05, 4.69) is 29.0 Å². The van der Waals surface area contributed by atoms with E-state index in [1.165, 1.54) is 24.1 Å². The van der Waals surface area contributed by atoms with E-state index >= 15 is 0 Å². The fraction of sp³-hybridized carbons (Fsp3) is 0.733. The Kier molecular flexibility index (Phi) is 3.96. The molecule has 3 rings (SSSR count). The molecule has 0 radical (unpaired) electrons. The van der Waals surface area contributed by atoms with Crippen molar-refractivity contribution in [3.8, 4) is 0 Å². The molecule has 110 valence electrons. The van der Waals surface area contributed by atoms with Gasteiger partial charge in [-0.15, -0.1) is 11.3 Å². The number of anilines is 1. The summed E-state index contributed by atoms with van der Waals surface area (Å²) in [6.07, 6.45) is 5.52. The van der Waals surface area contributed by atoms with Crippen LogP contribution >= 0.6 is 11.3 Å². The second-order valence-electron chi connectivity index (χ2n) is 6.04. The second-order valence-corrected chi connectivity index (χ2v) is 7.22. The number of nitrogens with one attached hydrogen (secondary N) is 1. The summed E-state index contributed by atoms with van der Waals surface area (Å²) < 4.78 is 0. The van der Waals surface area contributed by atoms with Crippen LogP contribution in [0.25, 0.3) is 0 Å². The molecule has 2 fully saturated rings. The van der Waals surface area contributed by atoms with Crippen LogP contribution in [0, 0.1) is 19.8 Å². The van der Waals surface area contributed by atoms with Crippen molar-refractivity contribution in [2.75, 3.05) is 18.0 Å². The van der Waals surface area contributed by atoms with Gasteiger partial charge in [0.05, 0.1) is 5.69 Å². The van der Waals surface area contributed by atoms with Gasteiger partial charge in [0.15, 0.2) is 5.13 Å². The molecule has 1 aliphatic carbocycles. The first-order chi connectivity index (χ1) is 9.63. The first-order valence-electron chi connectivity index (χ1n) is 7.63. The monoisotopic (exact) mass is 293 g/mol. The number of aryl methyl sites for hydroxylation is 2. The summed E-state index contributed by atoms with van der Waals surface area (Å²) >= 11 is 1.77. The van der Waals surface area contributed by atoms with Gasteiger partial charge in [0.1, 0.15) is 0 Å². The fourth-order valence-corrected chi connectivity index (χ4v) is 3.76. The molecule has 0 bridgehead atoms. The highest BCUT2D eigenvalue weighted by Gasteiger charge is 2.29. The molecule has 1 N–H and O–H groups in total. The lowest BCUT2D eigenvalue weighted by atomic mass is 9.90. The third kappa shape index (κ3) is 2.82. The lowest BCUT2D eigenvalue weighted by Gasteiger charge is -2.33. The normalized spacial score (nSPS) is 20.8. The Balaban J connectivity index is 1.52. The van der Waals surface area contributed by atoms with E-state index < -0.39 is 0 Å². The zero-order valence-corrected chi connectivity index (χ0v) is 13.1. The molecule has 0 aromatic carbocycles. The molecule has 2 heterocycles. The minimum Gasteiger partial charge on any atom is -0.353 e. The molecule has 4 nitrogen and oxygen atoms in total. The highest BCUT2D eigenvalue weighted by atomic mass is 32.1. The molecule has 2 aliphatic rings. The Morgan fingerprint density at radius 2 is 1.95 bits per heavy atom. The van der Waals surface area contributed by atoms with E-state index in [1.807, 2.05) is 0 Å². The number of carbonyl (C=O) groups excluding carboxylic acids is 1. The minimum atomic E-state index is 0.203. The van der Waals surface area contributed by atoms with E-state index in [0.717, 1.165) is 36.8 Å². The lowest BCUT2D eigenvalue weighted by molar-refractivity contribution is -0.126. The van der Waals surface area contributed by atoms with Crippen molar-refractivity contribution in [1.82, 2.24) is 10.3 Å². The van der Waals surface area contributed by atoms with Gasteiger partial charge in [-0.25, -0.2) is 4.98 Å². The summed E-state index contributed by atoms with van der Waals surface area (Å²) in [5.74, 6) is 0.481. The van der Waals surface area contributed by atoms with E-state index in [0.29, 0.717) is 6.04 Å². The Morgan fingerprint density at radius 1 is 1.25 bits per heavy atom. The van der Waals surface area contributed by atoms with Crippen LogP contribution in [-0.2, 0) is 4.79 Å². The standard InChI is InChI=1S/C15H23N3OS/c1-10-11(2)20-15(16-10)18-8-6-12(7-9-18)14(19)17-13-4-3-5-13/h12-13H,3-9H2,1-2H3,(H,17,19). The third-order valence-electron chi connectivity index (χ3n) is 4.61. The number of carbonyl (C=O) groups is 1. The molecule has 1 aromatic rings. The number of hydrogen-bond acceptors (Lipinski definition) is 4. The number of aromatic nitrogens is 1. The van der Waals surface area contributed by atoms with Gasteiger partial charge in [-0.1, -0.05) is 0 Å². The van der Waals surface area contributed by atoms with Crippen molar-refractivity contribution in [3.63, 3.8) is 0 Å². The van der Waals surface area contributed by atoms with Crippen LogP contribution in [0.4, 0.5) is 5.13 Å². The summed E-state index contributed by atoms with van der Waals surface area (Å²) in [5.41, 5.74) is 1.13. The van der Waals surface area contributed by atoms with Crippen molar-refractivity contribution < 1.29 is 4.79 Å². The summed E-state index contributed by atoms with van der Waals surface area (Å²) in [6.45, 7) is 6.09. The average molecular weight is 293 g/mol. The Morgan fingerprint density at radius 3 is 2.45 bits per heavy atom. The van der Waals surface area contributed by atoms with Crippen molar-refractivity contribution in [2.45, 2.75) is 52.0 Å². The largest absolute Gasteiger partial charge is 0.353 e. The van der Waals surface area contributed by atoms with Crippen molar-refractivity contribution in [3.05, 3.63) is 10.6 Å². The molecule has 1 aromatic heterocycles. The van der Waals surface area contributed by atoms with E-state index in [1.54, 1.807) is 11.3 Å². The second kappa shape index (κ2) is 5.72. The van der Waals surface area contributed by atoms with Gasteiger partial charge in [0.2, 0.25) is 5.91 Å². The van der Waals surface area contributed by atoms with Crippen LogP contribution < -0.4 is 10.2 Å². The highest BCUT2D eigenvalue weighted by Crippen LogP contribution is 2.29. The van der Waals surface area contributed by atoms with Gasteiger partial charge in [0, 0.05) is 29.9 Å². The smallest absolute Gasteiger partial charge is 0.223 e. The van der Waals surface area contributed by atoms with Gasteiger partial charge in [-0.3, -0.25) is 4.79 Å². The van der Waals surface area contributed by atoms with Crippen LogP contribution in [-0.4, -0.2) is 30.0 Å². The van der Waals surface area contributed by atoms with Crippen LogP contribution in [0.5, 0.6) is 0 Å². The van der Waals surface area contributed by atoms with Crippen molar-refractivity contribution in [2.24, 2.45) is 5.92 Å². The number of piperidine rings is 1. The summed E-state index contributed by atoms with van der Waals surface area (Å²) in [4.78, 5) is 20.4. The van der Waals surface area contributed by atoms with Gasteiger partial charge >= 0.3 is 0 Å². The zero-order chi connectivity index (χ0) is 14.1. The van der Waals surface area contributed by atoms with Crippen LogP contribution in [0.1, 0.15) is 42.7 Å². The topological polar surface area (TPSA) is 45.2 Å². The maximum atomic E-state index is 12.2. The third-order valence-corrected chi connectivity index (χ3v) is 5.74. The highest BCUT2D eigenvalue weighted by molar-refractivity contribution is 7.15. The molecule has 1 aliphatic heterocycles. The molecule has 0 spiro atoms. The number of hydrogen-bond donors (Lipinski definition) is 1. The predicted molar refractivity (Wildman–Crippen MR) is 82.3 cm³/mol. The molecule has 20 heavy (non-hydrogen) atoms. The summed E-state index contributed by atoms with van der Waals surface area (Å²) in [5, 5.41) is 4.31. The minimum absolute atomic E-state index is 0.203. The summed E-state index contributed by atoms with van der Waals surface area (Å²) in [7, 11) is 0. The van der Waals surface area contributed by atoms with Crippen molar-refractivity contribution in [1.29, 1.82) is 0 Å². The van der Waals surface area contributed by atoms with E-state index in [9.17, 15) is 4.79 Å². The molecule has 0 atom stereocenters. The molecular weight excluding hydrogens is 270 g/mol. The number of nitrogens with zero attached hydrogens (tertiary/aromatic N) is 2. The van der Waals surface area contributed by atoms with E-state index in [-0.39, 0.29) is 11.8 Å². The SMILES string of the molecule is Cc1nc(N2CCC(C(=O)NC3CCC3)CC2)sc1C. The van der Waals surface area contributed by atoms with Crippen LogP contribution in [0.15, 0.2) is 0 Å². The summed E-state index contributed by atoms with van der Waals surface area (Å²) in [6, 6.07) is 0.463. The van der Waals surface area contributed by atoms with Crippen molar-refractivity contribution >= 4 is 22.4 Å². The van der Waals surface area contributed by atoms with Gasteiger partial charge in [-0.2, -0.15) is 0 Å². The van der Waals surface area contributed by atoms with Crippen LogP contribution in [0.3, 0.4) is 0 Å². The molecule has 1 saturated heterocycles. The zero-order valence-electron chi connectivity index (χ0n) is 12.3. The predicted octanol–water partition coefficient (Wildman–Crippen LogP) is 2.65. The quantitative estimate of drug-likeness (QED) is 0.932. The van der Waals surface area contributed by atoms with Gasteiger partial charge < -0.3 is 10.2 Å². The average Bonchev–Trinajstić information content (AvgIpc) is 2.74. The Bertz CT molecular complexity index is 468. The van der Waals surface area contributed by atoms with Crippen LogP contribution in [0.2, 0.25) is 0 Å². The number of amides is 1. The molecular formula is C15H23N3OS. The molecule has 1 amide bonds. The fourth-order valence-electron chi connectivity index (χ4n) is 2.80. The Labute approximate surface area is 124 Å². The lowest BCUT2D eigenvalue weighted by Crippen LogP contribution is -2.46. The van der Waals surface area contributed by atoms with Gasteiger partial charge in [0.25, 0.3) is 0 Å². The first-order valence-corrected chi connectivity index (χ1v) is 8.44. The number of thiazole rings is 1. The van der Waals surface area contributed by atoms with E-state index in [4.69, 9.17) is 0 Å². The molecule has 1 saturated carbocycles. The molecule has 5 heteroatoms.